The molecule has 0 heterocycles. The molecule has 0 aromatic heterocycles. The average Bonchev–Trinajstić information content (AvgIpc) is 3.04. The molecule has 0 radical (unpaired) electrons. The van der Waals surface area contributed by atoms with Crippen LogP contribution in [-0.4, -0.2) is 82.0 Å². The molecule has 0 aliphatic heterocycles. The van der Waals surface area contributed by atoms with Crippen LogP contribution in [0, 0.1) is 0 Å². The molecule has 0 aliphatic rings. The van der Waals surface area contributed by atoms with Gasteiger partial charge in [0.25, 0.3) is 0 Å². The fourth-order valence-electron chi connectivity index (χ4n) is 5.02. The van der Waals surface area contributed by atoms with Crippen LogP contribution in [0.3, 0.4) is 0 Å². The number of phenols is 2. The van der Waals surface area contributed by atoms with Crippen molar-refractivity contribution in [1.29, 1.82) is 0 Å². The van der Waals surface area contributed by atoms with Crippen LogP contribution in [0.5, 0.6) is 11.5 Å². The summed E-state index contributed by atoms with van der Waals surface area (Å²) in [4.78, 5) is 0. The van der Waals surface area contributed by atoms with E-state index in [-0.39, 0.29) is 23.3 Å². The zero-order chi connectivity index (χ0) is 31.6. The molecule has 2 N–H and O–H groups in total. The molecule has 2 aromatic carbocycles. The summed E-state index contributed by atoms with van der Waals surface area (Å²) in [6.45, 7) is 0. The Morgan fingerprint density at radius 3 is 1.16 bits per heavy atom. The fourth-order valence-corrected chi connectivity index (χ4v) is 10.4. The van der Waals surface area contributed by atoms with Gasteiger partial charge in [0.05, 0.1) is 0 Å². The first-order chi connectivity index (χ1) is 20.8. The Balaban J connectivity index is 1.90. The predicted molar refractivity (Wildman–Crippen MR) is 179 cm³/mol. The molecule has 43 heavy (non-hydrogen) atoms. The fraction of sp³-hybridized carbons (Fsp3) is 0.600. The largest absolute Gasteiger partial charge is 0.508 e. The molecule has 2 aromatic rings. The number of phenolic OH excluding ortho intramolecular Hbond substituents is 2. The SMILES string of the molecule is CO[Si](CCCCC(CSOSCC(CCCC[Si](OC)(OC)OC)c1ccc(O)cc1)c1ccc(O)cc1)(OC)OC. The third-order valence-electron chi connectivity index (χ3n) is 7.80. The standard InChI is InChI=1S/C30H50O9S2Si2/c1-33-42(34-2,35-3)21-9-7-11-27(25-13-17-29(31)18-14-25)23-40-39-41-24-28(26-15-19-30(32)20-16-26)12-8-10-22-43(36-4,37-5)38-6/h13-20,27-28,31-32H,7-12,21-24H2,1-6H3. The minimum atomic E-state index is -2.58. The zero-order valence-corrected chi connectivity index (χ0v) is 30.0. The van der Waals surface area contributed by atoms with Crippen LogP contribution in [0.1, 0.15) is 61.5 Å². The van der Waals surface area contributed by atoms with E-state index < -0.39 is 17.6 Å². The summed E-state index contributed by atoms with van der Waals surface area (Å²) >= 11 is 2.94. The van der Waals surface area contributed by atoms with Crippen molar-refractivity contribution in [3.8, 4) is 11.5 Å². The Morgan fingerprint density at radius 2 is 0.860 bits per heavy atom. The highest BCUT2D eigenvalue weighted by Crippen LogP contribution is 2.34. The second-order valence-electron chi connectivity index (χ2n) is 10.3. The molecule has 13 heteroatoms. The highest BCUT2D eigenvalue weighted by molar-refractivity contribution is 8.07. The van der Waals surface area contributed by atoms with E-state index in [1.165, 1.54) is 35.2 Å². The van der Waals surface area contributed by atoms with E-state index in [1.807, 2.05) is 24.3 Å². The highest BCUT2D eigenvalue weighted by atomic mass is 32.2. The number of unbranched alkanes of at least 4 members (excludes halogenated alkanes) is 2. The Morgan fingerprint density at radius 1 is 0.535 bits per heavy atom. The number of hydrogen-bond donors (Lipinski definition) is 2. The summed E-state index contributed by atoms with van der Waals surface area (Å²) in [6.07, 6.45) is 5.80. The van der Waals surface area contributed by atoms with Gasteiger partial charge in [-0.25, -0.2) is 3.63 Å². The molecule has 0 aliphatic carbocycles. The Hall–Kier alpha value is -1.11. The van der Waals surface area contributed by atoms with E-state index in [9.17, 15) is 10.2 Å². The summed E-state index contributed by atoms with van der Waals surface area (Å²) in [5, 5.41) is 19.6. The van der Waals surface area contributed by atoms with Crippen molar-refractivity contribution in [3.63, 3.8) is 0 Å². The summed E-state index contributed by atoms with van der Waals surface area (Å²) in [7, 11) is 4.71. The highest BCUT2D eigenvalue weighted by Gasteiger charge is 2.37. The maximum Gasteiger partial charge on any atom is 0.500 e. The molecular formula is C30H50O9S2Si2. The molecule has 0 amide bonds. The average molecular weight is 675 g/mol. The maximum absolute atomic E-state index is 9.78. The van der Waals surface area contributed by atoms with E-state index >= 15 is 0 Å². The van der Waals surface area contributed by atoms with Gasteiger partial charge in [-0.3, -0.25) is 0 Å². The van der Waals surface area contributed by atoms with E-state index in [1.54, 1.807) is 66.9 Å². The zero-order valence-electron chi connectivity index (χ0n) is 26.4. The molecule has 9 nitrogen and oxygen atoms in total. The smallest absolute Gasteiger partial charge is 0.500 e. The van der Waals surface area contributed by atoms with Crippen molar-refractivity contribution in [2.24, 2.45) is 0 Å². The first-order valence-electron chi connectivity index (χ1n) is 14.6. The summed E-state index contributed by atoms with van der Waals surface area (Å²) in [6, 6.07) is 16.4. The van der Waals surface area contributed by atoms with E-state index in [0.717, 1.165) is 62.1 Å². The van der Waals surface area contributed by atoms with Crippen LogP contribution in [-0.2, 0) is 30.2 Å². The summed E-state index contributed by atoms with van der Waals surface area (Å²) in [5.41, 5.74) is 2.36. The number of benzene rings is 2. The van der Waals surface area contributed by atoms with Crippen molar-refractivity contribution < 1.29 is 40.4 Å². The van der Waals surface area contributed by atoms with Crippen molar-refractivity contribution in [1.82, 2.24) is 0 Å². The third kappa shape index (κ3) is 13.0. The minimum Gasteiger partial charge on any atom is -0.508 e. The molecule has 0 bridgehead atoms. The Kier molecular flexibility index (Phi) is 18.4. The second kappa shape index (κ2) is 20.8. The Labute approximate surface area is 269 Å². The van der Waals surface area contributed by atoms with Crippen molar-refractivity contribution in [2.75, 3.05) is 54.2 Å². The van der Waals surface area contributed by atoms with Gasteiger partial charge in [-0.2, -0.15) is 0 Å². The lowest BCUT2D eigenvalue weighted by Gasteiger charge is -2.24. The van der Waals surface area contributed by atoms with Crippen LogP contribution in [0.4, 0.5) is 0 Å². The van der Waals surface area contributed by atoms with Gasteiger partial charge in [0.2, 0.25) is 0 Å². The maximum atomic E-state index is 9.78. The van der Waals surface area contributed by atoms with Gasteiger partial charge in [-0.15, -0.1) is 0 Å². The monoisotopic (exact) mass is 674 g/mol. The quantitative estimate of drug-likeness (QED) is 0.0662. The molecule has 2 rings (SSSR count). The van der Waals surface area contributed by atoms with Crippen molar-refractivity contribution >= 4 is 41.7 Å². The lowest BCUT2D eigenvalue weighted by atomic mass is 9.95. The topological polar surface area (TPSA) is 105 Å². The normalized spacial score (nSPS) is 13.7. The van der Waals surface area contributed by atoms with Crippen LogP contribution < -0.4 is 0 Å². The predicted octanol–water partition coefficient (Wildman–Crippen LogP) is 7.38. The van der Waals surface area contributed by atoms with Gasteiger partial charge < -0.3 is 36.8 Å². The lowest BCUT2D eigenvalue weighted by molar-refractivity contribution is 0.122. The van der Waals surface area contributed by atoms with E-state index in [4.69, 9.17) is 30.2 Å². The van der Waals surface area contributed by atoms with Gasteiger partial charge in [0.1, 0.15) is 11.5 Å². The molecule has 2 unspecified atom stereocenters. The summed E-state index contributed by atoms with van der Waals surface area (Å²) in [5.74, 6) is 2.65. The van der Waals surface area contributed by atoms with E-state index in [2.05, 4.69) is 0 Å². The number of hydrogen-bond acceptors (Lipinski definition) is 11. The Bertz CT molecular complexity index is 898. The van der Waals surface area contributed by atoms with E-state index in [0.29, 0.717) is 0 Å². The van der Waals surface area contributed by atoms with Crippen molar-refractivity contribution in [3.05, 3.63) is 59.7 Å². The lowest BCUT2D eigenvalue weighted by Crippen LogP contribution is -2.42. The van der Waals surface area contributed by atoms with Crippen LogP contribution >= 0.6 is 24.1 Å². The molecule has 0 saturated heterocycles. The molecule has 0 fully saturated rings. The molecule has 0 spiro atoms. The summed E-state index contributed by atoms with van der Waals surface area (Å²) < 4.78 is 39.4. The van der Waals surface area contributed by atoms with Gasteiger partial charge in [-0.1, -0.05) is 37.1 Å². The van der Waals surface area contributed by atoms with Gasteiger partial charge in [-0.05, 0) is 72.9 Å². The minimum absolute atomic E-state index is 0.262. The van der Waals surface area contributed by atoms with Gasteiger partial charge in [0.15, 0.2) is 0 Å². The molecule has 2 atom stereocenters. The van der Waals surface area contributed by atoms with Crippen molar-refractivity contribution in [2.45, 2.75) is 62.4 Å². The van der Waals surface area contributed by atoms with Crippen LogP contribution in [0.25, 0.3) is 0 Å². The second-order valence-corrected chi connectivity index (χ2v) is 18.2. The molecular weight excluding hydrogens is 625 g/mol. The first kappa shape index (κ1) is 38.1. The van der Waals surface area contributed by atoms with Gasteiger partial charge >= 0.3 is 17.6 Å². The molecule has 0 saturated carbocycles. The van der Waals surface area contributed by atoms with Gasteiger partial charge in [0, 0.05) is 90.3 Å². The third-order valence-corrected chi connectivity index (χ3v) is 15.3. The number of rotatable bonds is 24. The van der Waals surface area contributed by atoms with Crippen LogP contribution in [0.15, 0.2) is 48.5 Å². The number of aromatic hydroxyl groups is 2. The van der Waals surface area contributed by atoms with Crippen LogP contribution in [0.2, 0.25) is 12.1 Å². The molecule has 244 valence electrons. The first-order valence-corrected chi connectivity index (χ1v) is 20.3.